The lowest BCUT2D eigenvalue weighted by Gasteiger charge is -2.17. The van der Waals surface area contributed by atoms with Crippen molar-refractivity contribution in [3.63, 3.8) is 0 Å². The van der Waals surface area contributed by atoms with Crippen molar-refractivity contribution < 1.29 is 4.74 Å². The summed E-state index contributed by atoms with van der Waals surface area (Å²) in [7, 11) is 2.11. The second-order valence-corrected chi connectivity index (χ2v) is 4.38. The van der Waals surface area contributed by atoms with Crippen LogP contribution in [0, 0.1) is 0 Å². The predicted octanol–water partition coefficient (Wildman–Crippen LogP) is 3.20. The highest BCUT2D eigenvalue weighted by atomic mass is 16.5. The number of hydrogen-bond donors (Lipinski definition) is 0. The Morgan fingerprint density at radius 2 is 1.50 bits per heavy atom. The fraction of sp³-hybridized carbons (Fsp3) is 0.250. The topological polar surface area (TPSA) is 12.5 Å². The van der Waals surface area contributed by atoms with Crippen molar-refractivity contribution in [1.82, 2.24) is 4.90 Å². The van der Waals surface area contributed by atoms with Gasteiger partial charge in [-0.1, -0.05) is 48.5 Å². The van der Waals surface area contributed by atoms with E-state index in [-0.39, 0.29) is 0 Å². The van der Waals surface area contributed by atoms with E-state index >= 15 is 0 Å². The van der Waals surface area contributed by atoms with E-state index in [1.54, 1.807) is 0 Å². The first-order chi connectivity index (χ1) is 8.84. The van der Waals surface area contributed by atoms with Crippen molar-refractivity contribution in [2.75, 3.05) is 20.2 Å². The molecule has 0 fully saturated rings. The molecule has 0 unspecified atom stereocenters. The maximum atomic E-state index is 5.67. The molecule has 0 aromatic heterocycles. The highest BCUT2D eigenvalue weighted by Crippen LogP contribution is 2.08. The molecule has 94 valence electrons. The molecule has 0 saturated carbocycles. The summed E-state index contributed by atoms with van der Waals surface area (Å²) < 4.78 is 5.67. The van der Waals surface area contributed by atoms with Gasteiger partial charge in [0.1, 0.15) is 12.4 Å². The standard InChI is InChI=1S/C16H19NO/c1-17(14-15-8-4-2-5-9-15)12-13-18-16-10-6-3-7-11-16/h2-11H,12-14H2,1H3. The van der Waals surface area contributed by atoms with Gasteiger partial charge in [-0.2, -0.15) is 0 Å². The lowest BCUT2D eigenvalue weighted by molar-refractivity contribution is 0.233. The number of nitrogens with zero attached hydrogens (tertiary/aromatic N) is 1. The van der Waals surface area contributed by atoms with Crippen LogP contribution in [0.15, 0.2) is 60.7 Å². The Hall–Kier alpha value is -1.80. The van der Waals surface area contributed by atoms with E-state index in [9.17, 15) is 0 Å². The molecule has 0 aliphatic heterocycles. The van der Waals surface area contributed by atoms with Gasteiger partial charge in [-0.3, -0.25) is 4.90 Å². The molecule has 0 aliphatic rings. The van der Waals surface area contributed by atoms with Gasteiger partial charge in [0.25, 0.3) is 0 Å². The van der Waals surface area contributed by atoms with Gasteiger partial charge in [-0.25, -0.2) is 0 Å². The van der Waals surface area contributed by atoms with Crippen LogP contribution in [0.3, 0.4) is 0 Å². The van der Waals surface area contributed by atoms with Crippen LogP contribution >= 0.6 is 0 Å². The Morgan fingerprint density at radius 3 is 2.17 bits per heavy atom. The van der Waals surface area contributed by atoms with Crippen LogP contribution in [0.25, 0.3) is 0 Å². The molecule has 0 bridgehead atoms. The fourth-order valence-electron chi connectivity index (χ4n) is 1.81. The minimum atomic E-state index is 0.716. The van der Waals surface area contributed by atoms with Crippen LogP contribution in [0.2, 0.25) is 0 Å². The van der Waals surface area contributed by atoms with Crippen molar-refractivity contribution in [3.05, 3.63) is 66.2 Å². The maximum absolute atomic E-state index is 5.67. The molecule has 0 saturated heterocycles. The molecule has 2 rings (SSSR count). The summed E-state index contributed by atoms with van der Waals surface area (Å²) in [4.78, 5) is 2.26. The highest BCUT2D eigenvalue weighted by molar-refractivity contribution is 5.20. The zero-order valence-corrected chi connectivity index (χ0v) is 10.8. The third kappa shape index (κ3) is 4.22. The number of rotatable bonds is 6. The molecule has 0 spiro atoms. The first kappa shape index (κ1) is 12.7. The number of ether oxygens (including phenoxy) is 1. The zero-order valence-electron chi connectivity index (χ0n) is 10.8. The molecule has 0 aliphatic carbocycles. The van der Waals surface area contributed by atoms with Gasteiger partial charge in [-0.05, 0) is 24.7 Å². The average molecular weight is 241 g/mol. The molecule has 0 amide bonds. The quantitative estimate of drug-likeness (QED) is 0.770. The van der Waals surface area contributed by atoms with Crippen LogP contribution in [-0.2, 0) is 6.54 Å². The summed E-state index contributed by atoms with van der Waals surface area (Å²) >= 11 is 0. The Balaban J connectivity index is 1.71. The van der Waals surface area contributed by atoms with Crippen LogP contribution in [0.4, 0.5) is 0 Å². The molecule has 2 nitrogen and oxygen atoms in total. The molecule has 0 atom stereocenters. The van der Waals surface area contributed by atoms with E-state index in [0.29, 0.717) is 6.61 Å². The summed E-state index contributed by atoms with van der Waals surface area (Å²) in [5.41, 5.74) is 1.33. The monoisotopic (exact) mass is 241 g/mol. The van der Waals surface area contributed by atoms with E-state index in [1.165, 1.54) is 5.56 Å². The van der Waals surface area contributed by atoms with Crippen LogP contribution in [-0.4, -0.2) is 25.1 Å². The largest absolute Gasteiger partial charge is 0.492 e. The van der Waals surface area contributed by atoms with E-state index in [1.807, 2.05) is 36.4 Å². The second kappa shape index (κ2) is 6.82. The van der Waals surface area contributed by atoms with Crippen LogP contribution in [0.1, 0.15) is 5.56 Å². The van der Waals surface area contributed by atoms with Crippen molar-refractivity contribution in [2.45, 2.75) is 6.54 Å². The molecule has 0 N–H and O–H groups in total. The highest BCUT2D eigenvalue weighted by Gasteiger charge is 2.00. The smallest absolute Gasteiger partial charge is 0.119 e. The van der Waals surface area contributed by atoms with Crippen molar-refractivity contribution in [3.8, 4) is 5.75 Å². The Kier molecular flexibility index (Phi) is 4.79. The third-order valence-electron chi connectivity index (χ3n) is 2.78. The van der Waals surface area contributed by atoms with Gasteiger partial charge in [0.05, 0.1) is 0 Å². The van der Waals surface area contributed by atoms with Gasteiger partial charge in [0.2, 0.25) is 0 Å². The van der Waals surface area contributed by atoms with Crippen molar-refractivity contribution in [2.24, 2.45) is 0 Å². The van der Waals surface area contributed by atoms with Crippen LogP contribution in [0.5, 0.6) is 5.75 Å². The summed E-state index contributed by atoms with van der Waals surface area (Å²) in [6.07, 6.45) is 0. The van der Waals surface area contributed by atoms with Gasteiger partial charge in [0.15, 0.2) is 0 Å². The summed E-state index contributed by atoms with van der Waals surface area (Å²) in [5, 5.41) is 0. The minimum absolute atomic E-state index is 0.716. The third-order valence-corrected chi connectivity index (χ3v) is 2.78. The van der Waals surface area contributed by atoms with Crippen LogP contribution < -0.4 is 4.74 Å². The molecule has 2 aromatic carbocycles. The average Bonchev–Trinajstić information content (AvgIpc) is 2.41. The normalized spacial score (nSPS) is 10.6. The molecule has 0 radical (unpaired) electrons. The first-order valence-electron chi connectivity index (χ1n) is 6.25. The molecule has 0 heterocycles. The van der Waals surface area contributed by atoms with E-state index < -0.39 is 0 Å². The SMILES string of the molecule is CN(CCOc1ccccc1)Cc1ccccc1. The molecular weight excluding hydrogens is 222 g/mol. The molecule has 2 aromatic rings. The number of likely N-dealkylation sites (N-methyl/N-ethyl adjacent to an activating group) is 1. The summed E-state index contributed by atoms with van der Waals surface area (Å²) in [6.45, 7) is 2.59. The molecule has 2 heteroatoms. The Morgan fingerprint density at radius 1 is 0.889 bits per heavy atom. The van der Waals surface area contributed by atoms with Gasteiger partial charge in [0, 0.05) is 13.1 Å². The van der Waals surface area contributed by atoms with Crippen molar-refractivity contribution >= 4 is 0 Å². The van der Waals surface area contributed by atoms with Gasteiger partial charge in [-0.15, -0.1) is 0 Å². The molecular formula is C16H19NO. The summed E-state index contributed by atoms with van der Waals surface area (Å²) in [6, 6.07) is 20.4. The minimum Gasteiger partial charge on any atom is -0.492 e. The Bertz CT molecular complexity index is 441. The van der Waals surface area contributed by atoms with E-state index in [4.69, 9.17) is 4.74 Å². The van der Waals surface area contributed by atoms with E-state index in [2.05, 4.69) is 36.2 Å². The fourth-order valence-corrected chi connectivity index (χ4v) is 1.81. The number of para-hydroxylation sites is 1. The molecule has 18 heavy (non-hydrogen) atoms. The predicted molar refractivity (Wildman–Crippen MR) is 74.7 cm³/mol. The van der Waals surface area contributed by atoms with Gasteiger partial charge >= 0.3 is 0 Å². The van der Waals surface area contributed by atoms with Crippen molar-refractivity contribution in [1.29, 1.82) is 0 Å². The zero-order chi connectivity index (χ0) is 12.6. The maximum Gasteiger partial charge on any atom is 0.119 e. The second-order valence-electron chi connectivity index (χ2n) is 4.38. The lowest BCUT2D eigenvalue weighted by Crippen LogP contribution is -2.23. The lowest BCUT2D eigenvalue weighted by atomic mass is 10.2. The summed E-state index contributed by atoms with van der Waals surface area (Å²) in [5.74, 6) is 0.936. The van der Waals surface area contributed by atoms with E-state index in [0.717, 1.165) is 18.8 Å². The number of hydrogen-bond acceptors (Lipinski definition) is 2. The van der Waals surface area contributed by atoms with Gasteiger partial charge < -0.3 is 4.74 Å². The Labute approximate surface area is 109 Å². The first-order valence-corrected chi connectivity index (χ1v) is 6.25. The number of benzene rings is 2.